The molecule has 0 aliphatic heterocycles. The molecule has 1 aliphatic rings. The van der Waals surface area contributed by atoms with Crippen LogP contribution in [0.5, 0.6) is 0 Å². The van der Waals surface area contributed by atoms with Crippen molar-refractivity contribution < 1.29 is 9.90 Å². The second-order valence-electron chi connectivity index (χ2n) is 6.60. The van der Waals surface area contributed by atoms with Crippen molar-refractivity contribution in [2.24, 2.45) is 0 Å². The van der Waals surface area contributed by atoms with E-state index in [4.69, 9.17) is 5.10 Å². The number of hydrogen-bond donors (Lipinski definition) is 1. The lowest BCUT2D eigenvalue weighted by molar-refractivity contribution is 0.0714. The van der Waals surface area contributed by atoms with Gasteiger partial charge in [-0.25, -0.2) is 4.68 Å². The normalized spacial score (nSPS) is 14.0. The molecule has 25 heavy (non-hydrogen) atoms. The van der Waals surface area contributed by atoms with Crippen LogP contribution in [0, 0.1) is 0 Å². The van der Waals surface area contributed by atoms with E-state index in [0.717, 1.165) is 43.4 Å². The number of benzene rings is 1. The zero-order valence-corrected chi connectivity index (χ0v) is 14.9. The van der Waals surface area contributed by atoms with Gasteiger partial charge in [0.05, 0.1) is 12.3 Å². The number of aromatic nitrogens is 2. The van der Waals surface area contributed by atoms with E-state index >= 15 is 0 Å². The third kappa shape index (κ3) is 3.76. The number of aliphatic hydroxyl groups excluding tert-OH is 1. The van der Waals surface area contributed by atoms with Gasteiger partial charge in [0.1, 0.15) is 0 Å². The molecule has 0 radical (unpaired) electrons. The van der Waals surface area contributed by atoms with Crippen LogP contribution in [0.1, 0.15) is 54.4 Å². The average Bonchev–Trinajstić information content (AvgIpc) is 2.83. The molecule has 0 bridgehead atoms. The Morgan fingerprint density at radius 1 is 1.16 bits per heavy atom. The van der Waals surface area contributed by atoms with Crippen molar-refractivity contribution in [2.75, 3.05) is 19.7 Å². The van der Waals surface area contributed by atoms with E-state index in [1.165, 1.54) is 12.1 Å². The number of carbonyl (C=O) groups excluding carboxylic acids is 1. The van der Waals surface area contributed by atoms with Gasteiger partial charge in [0.15, 0.2) is 5.69 Å². The molecule has 0 atom stereocenters. The van der Waals surface area contributed by atoms with Crippen molar-refractivity contribution in [3.63, 3.8) is 0 Å². The van der Waals surface area contributed by atoms with Crippen molar-refractivity contribution in [1.82, 2.24) is 14.7 Å². The van der Waals surface area contributed by atoms with Crippen LogP contribution >= 0.6 is 0 Å². The van der Waals surface area contributed by atoms with Gasteiger partial charge in [0.25, 0.3) is 5.91 Å². The van der Waals surface area contributed by atoms with Crippen molar-refractivity contribution in [3.8, 4) is 5.69 Å². The molecule has 1 aromatic carbocycles. The van der Waals surface area contributed by atoms with Gasteiger partial charge in [-0.2, -0.15) is 5.10 Å². The molecule has 0 saturated heterocycles. The van der Waals surface area contributed by atoms with E-state index in [9.17, 15) is 9.90 Å². The summed E-state index contributed by atoms with van der Waals surface area (Å²) in [7, 11) is 0. The molecule has 0 fully saturated rings. The largest absolute Gasteiger partial charge is 0.395 e. The molecule has 1 N–H and O–H groups in total. The lowest BCUT2D eigenvalue weighted by Crippen LogP contribution is -2.35. The predicted octanol–water partition coefficient (Wildman–Crippen LogP) is 2.99. The summed E-state index contributed by atoms with van der Waals surface area (Å²) >= 11 is 0. The molecule has 3 rings (SSSR count). The van der Waals surface area contributed by atoms with E-state index in [1.54, 1.807) is 4.90 Å². The summed E-state index contributed by atoms with van der Waals surface area (Å²) in [5, 5.41) is 14.0. The quantitative estimate of drug-likeness (QED) is 0.822. The molecule has 1 heterocycles. The maximum atomic E-state index is 13.1. The number of carbonyl (C=O) groups is 1. The Labute approximate surface area is 149 Å². The smallest absolute Gasteiger partial charge is 0.274 e. The summed E-state index contributed by atoms with van der Waals surface area (Å²) < 4.78 is 1.96. The number of rotatable bonds is 6. The minimum atomic E-state index is -0.0521. The van der Waals surface area contributed by atoms with Gasteiger partial charge < -0.3 is 10.0 Å². The highest BCUT2D eigenvalue weighted by Crippen LogP contribution is 2.27. The fourth-order valence-corrected chi connectivity index (χ4v) is 3.59. The molecule has 0 saturated carbocycles. The molecule has 0 unspecified atom stereocenters. The Hall–Kier alpha value is -2.14. The van der Waals surface area contributed by atoms with Crippen molar-refractivity contribution in [2.45, 2.75) is 45.4 Å². The SMILES string of the molecule is CCCN(CCO)C(=O)c1nn(-c2ccccc2)c2c1CCCCC2. The maximum Gasteiger partial charge on any atom is 0.274 e. The number of aliphatic hydroxyl groups is 1. The van der Waals surface area contributed by atoms with Gasteiger partial charge in [-0.3, -0.25) is 4.79 Å². The Balaban J connectivity index is 2.04. The Bertz CT molecular complexity index is 703. The number of fused-ring (bicyclic) bond motifs is 1. The van der Waals surface area contributed by atoms with E-state index in [2.05, 4.69) is 0 Å². The summed E-state index contributed by atoms with van der Waals surface area (Å²) in [6, 6.07) is 10.0. The lowest BCUT2D eigenvalue weighted by atomic mass is 10.1. The first kappa shape index (κ1) is 17.7. The highest BCUT2D eigenvalue weighted by Gasteiger charge is 2.27. The average molecular weight is 341 g/mol. The third-order valence-electron chi connectivity index (χ3n) is 4.78. The molecule has 134 valence electrons. The monoisotopic (exact) mass is 341 g/mol. The van der Waals surface area contributed by atoms with Crippen LogP contribution in [0.2, 0.25) is 0 Å². The third-order valence-corrected chi connectivity index (χ3v) is 4.78. The molecular weight excluding hydrogens is 314 g/mol. The van der Waals surface area contributed by atoms with Crippen molar-refractivity contribution in [3.05, 3.63) is 47.3 Å². The maximum absolute atomic E-state index is 13.1. The second-order valence-corrected chi connectivity index (χ2v) is 6.60. The van der Waals surface area contributed by atoms with Gasteiger partial charge in [-0.05, 0) is 44.2 Å². The van der Waals surface area contributed by atoms with Gasteiger partial charge in [0, 0.05) is 24.3 Å². The number of para-hydroxylation sites is 1. The van der Waals surface area contributed by atoms with Gasteiger partial charge >= 0.3 is 0 Å². The highest BCUT2D eigenvalue weighted by atomic mass is 16.3. The first-order chi connectivity index (χ1) is 12.3. The van der Waals surface area contributed by atoms with E-state index in [-0.39, 0.29) is 12.5 Å². The van der Waals surface area contributed by atoms with E-state index in [1.807, 2.05) is 41.9 Å². The molecule has 2 aromatic rings. The summed E-state index contributed by atoms with van der Waals surface area (Å²) in [6.07, 6.45) is 6.15. The molecule has 5 heteroatoms. The summed E-state index contributed by atoms with van der Waals surface area (Å²) in [6.45, 7) is 3.03. The van der Waals surface area contributed by atoms with Crippen LogP contribution in [-0.4, -0.2) is 45.4 Å². The minimum Gasteiger partial charge on any atom is -0.395 e. The van der Waals surface area contributed by atoms with Gasteiger partial charge in [-0.1, -0.05) is 31.5 Å². The van der Waals surface area contributed by atoms with Gasteiger partial charge in [0.2, 0.25) is 0 Å². The Morgan fingerprint density at radius 3 is 2.64 bits per heavy atom. The molecule has 5 nitrogen and oxygen atoms in total. The van der Waals surface area contributed by atoms with Crippen LogP contribution < -0.4 is 0 Å². The number of nitrogens with zero attached hydrogens (tertiary/aromatic N) is 3. The van der Waals surface area contributed by atoms with Crippen LogP contribution in [0.25, 0.3) is 5.69 Å². The first-order valence-corrected chi connectivity index (χ1v) is 9.32. The van der Waals surface area contributed by atoms with Crippen LogP contribution in [0.15, 0.2) is 30.3 Å². The minimum absolute atomic E-state index is 0.0205. The number of hydrogen-bond acceptors (Lipinski definition) is 3. The zero-order chi connectivity index (χ0) is 17.6. The molecule has 0 spiro atoms. The fraction of sp³-hybridized carbons (Fsp3) is 0.500. The van der Waals surface area contributed by atoms with E-state index in [0.29, 0.717) is 18.8 Å². The highest BCUT2D eigenvalue weighted by molar-refractivity contribution is 5.94. The van der Waals surface area contributed by atoms with Crippen LogP contribution in [0.3, 0.4) is 0 Å². The summed E-state index contributed by atoms with van der Waals surface area (Å²) in [4.78, 5) is 14.8. The predicted molar refractivity (Wildman–Crippen MR) is 98.1 cm³/mol. The summed E-state index contributed by atoms with van der Waals surface area (Å²) in [5.41, 5.74) is 3.85. The van der Waals surface area contributed by atoms with Crippen molar-refractivity contribution >= 4 is 5.91 Å². The summed E-state index contributed by atoms with van der Waals surface area (Å²) in [5.74, 6) is -0.0521. The molecule has 1 aromatic heterocycles. The second kappa shape index (κ2) is 8.30. The first-order valence-electron chi connectivity index (χ1n) is 9.32. The molecule has 1 amide bonds. The topological polar surface area (TPSA) is 58.4 Å². The van der Waals surface area contributed by atoms with Gasteiger partial charge in [-0.15, -0.1) is 0 Å². The van der Waals surface area contributed by atoms with Crippen molar-refractivity contribution in [1.29, 1.82) is 0 Å². The fourth-order valence-electron chi connectivity index (χ4n) is 3.59. The van der Waals surface area contributed by atoms with Crippen LogP contribution in [-0.2, 0) is 12.8 Å². The Morgan fingerprint density at radius 2 is 1.92 bits per heavy atom. The zero-order valence-electron chi connectivity index (χ0n) is 14.9. The standard InChI is InChI=1S/C20H27N3O2/c1-2-13-22(14-15-24)20(25)19-17-11-7-4-8-12-18(17)23(21-19)16-9-5-3-6-10-16/h3,5-6,9-10,24H,2,4,7-8,11-15H2,1H3. The Kier molecular flexibility index (Phi) is 5.87. The number of amides is 1. The lowest BCUT2D eigenvalue weighted by Gasteiger charge is -2.20. The van der Waals surface area contributed by atoms with E-state index < -0.39 is 0 Å². The molecular formula is C20H27N3O2. The molecule has 1 aliphatic carbocycles. The van der Waals surface area contributed by atoms with Crippen LogP contribution in [0.4, 0.5) is 0 Å².